The van der Waals surface area contributed by atoms with Gasteiger partial charge in [-0.1, -0.05) is 5.16 Å². The molecule has 2 aliphatic rings. The second kappa shape index (κ2) is 9.70. The van der Waals surface area contributed by atoms with E-state index in [1.165, 1.54) is 4.90 Å². The zero-order valence-corrected chi connectivity index (χ0v) is 20.2. The van der Waals surface area contributed by atoms with E-state index in [0.29, 0.717) is 44.4 Å². The number of carbonyl (C=O) groups excluding carboxylic acids is 2. The van der Waals surface area contributed by atoms with Crippen molar-refractivity contribution in [2.24, 2.45) is 0 Å². The highest BCUT2D eigenvalue weighted by Crippen LogP contribution is 2.49. The highest BCUT2D eigenvalue weighted by atomic mass is 19.2. The van der Waals surface area contributed by atoms with E-state index in [2.05, 4.69) is 15.5 Å². The van der Waals surface area contributed by atoms with Crippen molar-refractivity contribution < 1.29 is 36.4 Å². The summed E-state index contributed by atoms with van der Waals surface area (Å²) < 4.78 is 66.1. The summed E-state index contributed by atoms with van der Waals surface area (Å²) >= 11 is 0. The minimum absolute atomic E-state index is 0.102. The Kier molecular flexibility index (Phi) is 6.98. The van der Waals surface area contributed by atoms with Crippen LogP contribution in [0, 0.1) is 17.5 Å². The predicted octanol–water partition coefficient (Wildman–Crippen LogP) is 4.64. The monoisotopic (exact) mass is 512 g/mol. The first kappa shape index (κ1) is 25.9. The lowest BCUT2D eigenvalue weighted by atomic mass is 10.0. The second-order valence-electron chi connectivity index (χ2n) is 10.3. The van der Waals surface area contributed by atoms with Crippen LogP contribution in [0.4, 0.5) is 22.4 Å². The molecular formula is C24H28F4N4O4. The molecule has 12 heteroatoms. The third-order valence-corrected chi connectivity index (χ3v) is 6.08. The fraction of sp³-hybridized carbons (Fsp3) is 0.583. The summed E-state index contributed by atoms with van der Waals surface area (Å²) in [7, 11) is 0. The van der Waals surface area contributed by atoms with Crippen molar-refractivity contribution in [2.75, 3.05) is 6.54 Å². The number of nitrogens with zero attached hydrogens (tertiary/aromatic N) is 3. The Hall–Kier alpha value is -3.18. The van der Waals surface area contributed by atoms with E-state index in [4.69, 9.17) is 9.26 Å². The number of benzene rings is 1. The Morgan fingerprint density at radius 3 is 2.58 bits per heavy atom. The lowest BCUT2D eigenvalue weighted by Crippen LogP contribution is -2.44. The van der Waals surface area contributed by atoms with Crippen LogP contribution in [-0.4, -0.2) is 45.2 Å². The number of hydrogen-bond acceptors (Lipinski definition) is 6. The molecule has 1 N–H and O–H groups in total. The molecule has 0 bridgehead atoms. The Morgan fingerprint density at radius 1 is 1.22 bits per heavy atom. The number of hydrogen-bond donors (Lipinski definition) is 1. The molecule has 1 unspecified atom stereocenters. The van der Waals surface area contributed by atoms with Crippen molar-refractivity contribution in [2.45, 2.75) is 82.6 Å². The summed E-state index contributed by atoms with van der Waals surface area (Å²) in [6.07, 6.45) is 0.368. The number of aromatic nitrogens is 2. The predicted molar refractivity (Wildman–Crippen MR) is 118 cm³/mol. The molecule has 2 amide bonds. The molecule has 2 heterocycles. The van der Waals surface area contributed by atoms with Gasteiger partial charge in [-0.3, -0.25) is 4.79 Å². The van der Waals surface area contributed by atoms with Gasteiger partial charge in [-0.05, 0) is 64.5 Å². The quantitative estimate of drug-likeness (QED) is 0.429. The molecular weight excluding hydrogens is 484 g/mol. The van der Waals surface area contributed by atoms with Crippen molar-refractivity contribution in [1.29, 1.82) is 0 Å². The van der Waals surface area contributed by atoms with Gasteiger partial charge in [-0.25, -0.2) is 22.4 Å². The molecule has 1 aliphatic heterocycles. The van der Waals surface area contributed by atoms with E-state index in [-0.39, 0.29) is 30.1 Å². The lowest BCUT2D eigenvalue weighted by molar-refractivity contribution is -0.132. The number of ether oxygens (including phenoxy) is 1. The maximum absolute atomic E-state index is 14.3. The van der Waals surface area contributed by atoms with Crippen LogP contribution in [0.3, 0.4) is 0 Å². The van der Waals surface area contributed by atoms with E-state index in [1.54, 1.807) is 20.8 Å². The number of alkyl carbamates (subject to hydrolysis) is 1. The van der Waals surface area contributed by atoms with E-state index < -0.39 is 52.8 Å². The van der Waals surface area contributed by atoms with Crippen molar-refractivity contribution in [3.05, 3.63) is 46.9 Å². The number of nitrogens with one attached hydrogen (secondary N) is 1. The fourth-order valence-electron chi connectivity index (χ4n) is 4.17. The van der Waals surface area contributed by atoms with Gasteiger partial charge in [0.25, 0.3) is 5.89 Å². The molecule has 2 aromatic rings. The van der Waals surface area contributed by atoms with Crippen LogP contribution < -0.4 is 5.32 Å². The Morgan fingerprint density at radius 2 is 1.92 bits per heavy atom. The maximum Gasteiger partial charge on any atom is 0.407 e. The first-order valence-electron chi connectivity index (χ1n) is 11.8. The number of likely N-dealkylation sites (tertiary alicyclic amines) is 1. The minimum atomic E-state index is -1.60. The molecule has 8 nitrogen and oxygen atoms in total. The molecule has 1 aromatic heterocycles. The highest BCUT2D eigenvalue weighted by Gasteiger charge is 2.51. The molecule has 0 spiro atoms. The molecule has 196 valence electrons. The number of halogens is 4. The van der Waals surface area contributed by atoms with Crippen molar-refractivity contribution in [3.63, 3.8) is 0 Å². The van der Waals surface area contributed by atoms with Gasteiger partial charge in [-0.15, -0.1) is 0 Å². The van der Waals surface area contributed by atoms with E-state index in [9.17, 15) is 27.2 Å². The van der Waals surface area contributed by atoms with Crippen LogP contribution >= 0.6 is 0 Å². The molecule has 0 radical (unpaired) electrons. The van der Waals surface area contributed by atoms with Gasteiger partial charge in [0.2, 0.25) is 5.91 Å². The van der Waals surface area contributed by atoms with Crippen LogP contribution in [0.25, 0.3) is 0 Å². The number of amides is 2. The van der Waals surface area contributed by atoms with E-state index >= 15 is 0 Å². The Labute approximate surface area is 205 Å². The SMILES string of the molecule is CC(C)(C)OC(=O)N[C@@H](CC(=O)N1CCCC1c1noc(C2(F)CC2)n1)Cc1cc(F)c(F)cc1F. The molecule has 2 atom stereocenters. The first-order valence-corrected chi connectivity index (χ1v) is 11.8. The second-order valence-corrected chi connectivity index (χ2v) is 10.3. The van der Waals surface area contributed by atoms with Gasteiger partial charge in [0, 0.05) is 25.1 Å². The van der Waals surface area contributed by atoms with Crippen molar-refractivity contribution in [3.8, 4) is 0 Å². The lowest BCUT2D eigenvalue weighted by Gasteiger charge is -2.27. The van der Waals surface area contributed by atoms with Crippen LogP contribution in [0.5, 0.6) is 0 Å². The fourth-order valence-corrected chi connectivity index (χ4v) is 4.17. The summed E-state index contributed by atoms with van der Waals surface area (Å²) in [4.78, 5) is 31.3. The van der Waals surface area contributed by atoms with Crippen molar-refractivity contribution in [1.82, 2.24) is 20.4 Å². The average molecular weight is 513 g/mol. The zero-order valence-electron chi connectivity index (χ0n) is 20.2. The highest BCUT2D eigenvalue weighted by molar-refractivity contribution is 5.78. The summed E-state index contributed by atoms with van der Waals surface area (Å²) in [5, 5.41) is 6.40. The van der Waals surface area contributed by atoms with Gasteiger partial charge in [0.05, 0.1) is 6.04 Å². The van der Waals surface area contributed by atoms with Crippen LogP contribution in [0.1, 0.15) is 76.2 Å². The van der Waals surface area contributed by atoms with Gasteiger partial charge in [-0.2, -0.15) is 4.98 Å². The zero-order chi connectivity index (χ0) is 26.3. The first-order chi connectivity index (χ1) is 16.8. The van der Waals surface area contributed by atoms with Gasteiger partial charge >= 0.3 is 6.09 Å². The summed E-state index contributed by atoms with van der Waals surface area (Å²) in [5.74, 6) is -3.91. The van der Waals surface area contributed by atoms with Crippen LogP contribution in [-0.2, 0) is 21.6 Å². The van der Waals surface area contributed by atoms with Crippen molar-refractivity contribution >= 4 is 12.0 Å². The molecule has 1 saturated heterocycles. The third kappa shape index (κ3) is 5.96. The van der Waals surface area contributed by atoms with Gasteiger partial charge < -0.3 is 19.5 Å². The molecule has 4 rings (SSSR count). The van der Waals surface area contributed by atoms with Crippen LogP contribution in [0.15, 0.2) is 16.7 Å². The molecule has 36 heavy (non-hydrogen) atoms. The Bertz CT molecular complexity index is 1150. The Balaban J connectivity index is 1.50. The molecule has 1 saturated carbocycles. The van der Waals surface area contributed by atoms with E-state index in [1.807, 2.05) is 0 Å². The summed E-state index contributed by atoms with van der Waals surface area (Å²) in [5.41, 5.74) is -2.64. The molecule has 1 aromatic carbocycles. The van der Waals surface area contributed by atoms with Gasteiger partial charge in [0.1, 0.15) is 11.4 Å². The standard InChI is InChI=1S/C24H28F4N4O4/c1-23(2,3)35-22(34)29-14(9-13-10-16(26)17(27)12-15(13)25)11-19(33)32-8-4-5-18(32)20-30-21(36-31-20)24(28)6-7-24/h10,12,14,18H,4-9,11H2,1-3H3,(H,29,34)/t14-,18?/m1/s1. The number of alkyl halides is 1. The maximum atomic E-state index is 14.3. The largest absolute Gasteiger partial charge is 0.444 e. The molecule has 1 aliphatic carbocycles. The molecule has 2 fully saturated rings. The minimum Gasteiger partial charge on any atom is -0.444 e. The third-order valence-electron chi connectivity index (χ3n) is 6.08. The van der Waals surface area contributed by atoms with Gasteiger partial charge in [0.15, 0.2) is 23.1 Å². The summed E-state index contributed by atoms with van der Waals surface area (Å²) in [6.45, 7) is 5.32. The number of rotatable bonds is 7. The van der Waals surface area contributed by atoms with Crippen LogP contribution in [0.2, 0.25) is 0 Å². The smallest absolute Gasteiger partial charge is 0.407 e. The summed E-state index contributed by atoms with van der Waals surface area (Å²) in [6, 6.07) is -0.420. The average Bonchev–Trinajstić information content (AvgIpc) is 3.17. The number of carbonyl (C=O) groups is 2. The van der Waals surface area contributed by atoms with E-state index in [0.717, 1.165) is 0 Å². The topological polar surface area (TPSA) is 97.6 Å². The normalized spacial score (nSPS) is 19.8.